The third-order valence-electron chi connectivity index (χ3n) is 5.02. The van der Waals surface area contributed by atoms with E-state index in [0.29, 0.717) is 12.3 Å². The highest BCUT2D eigenvalue weighted by Crippen LogP contribution is 2.65. The van der Waals surface area contributed by atoms with Crippen LogP contribution in [0, 0.1) is 0 Å². The topological polar surface area (TPSA) is 71.0 Å². The molecule has 0 aliphatic heterocycles. The van der Waals surface area contributed by atoms with Crippen LogP contribution in [-0.2, 0) is 31.3 Å². The molecule has 0 heterocycles. The third kappa shape index (κ3) is 12.4. The molecule has 2 aromatic rings. The van der Waals surface area contributed by atoms with Gasteiger partial charge in [0.1, 0.15) is 30.3 Å². The fraction of sp³-hybridized carbons (Fsp3) is 0.480. The van der Waals surface area contributed by atoms with Gasteiger partial charge in [-0.25, -0.2) is 0 Å². The Morgan fingerprint density at radius 1 is 1.13 bits per heavy atom. The van der Waals surface area contributed by atoms with E-state index in [2.05, 4.69) is 15.8 Å². The van der Waals surface area contributed by atoms with E-state index in [1.807, 2.05) is 61.5 Å². The number of methoxy groups -OCH3 is 1. The predicted octanol–water partition coefficient (Wildman–Crippen LogP) is 6.57. The van der Waals surface area contributed by atoms with E-state index in [4.69, 9.17) is 46.5 Å². The molecule has 0 saturated heterocycles. The Bertz CT molecular complexity index is 1010. The first-order valence-corrected chi connectivity index (χ1v) is 14.1. The third-order valence-corrected chi connectivity index (χ3v) is 6.83. The average molecular weight is 598 g/mol. The Morgan fingerprint density at radius 3 is 2.58 bits per heavy atom. The minimum absolute atomic E-state index is 0.0549. The molecule has 3 unspecified atom stereocenters. The standard InChI is InChI=1S/C25H34Cl2F2N2O6P/c1-19(15-26)36-38(29,37-30-25(27)28)35-18-34-23(16-31(2)3)17-33-24-11-6-5-9-21(24)13-12-20-8-7-10-22(14-20)32-4/h5-11,14,19,23H,12-13,15-18H2,1-4H3/q+1/b30-25-. The first-order chi connectivity index (χ1) is 18.1. The van der Waals surface area contributed by atoms with Crippen molar-refractivity contribution in [1.29, 1.82) is 0 Å². The molecule has 3 atom stereocenters. The second-order valence-corrected chi connectivity index (χ2v) is 10.6. The van der Waals surface area contributed by atoms with E-state index >= 15 is 4.20 Å². The lowest BCUT2D eigenvalue weighted by atomic mass is 10.0. The number of alkyl halides is 1. The van der Waals surface area contributed by atoms with Crippen LogP contribution in [0.25, 0.3) is 0 Å². The minimum Gasteiger partial charge on any atom is -0.497 e. The summed E-state index contributed by atoms with van der Waals surface area (Å²) in [5.74, 6) is 1.47. The number of ether oxygens (including phenoxy) is 3. The Balaban J connectivity index is 1.99. The van der Waals surface area contributed by atoms with Crippen LogP contribution < -0.4 is 9.47 Å². The fourth-order valence-electron chi connectivity index (χ4n) is 3.29. The Morgan fingerprint density at radius 2 is 1.89 bits per heavy atom. The number of halogens is 4. The monoisotopic (exact) mass is 597 g/mol. The normalized spacial score (nSPS) is 15.1. The maximum absolute atomic E-state index is 15.0. The van der Waals surface area contributed by atoms with Crippen LogP contribution in [0.1, 0.15) is 18.1 Å². The molecular formula is C25H34Cl2F2N2O6P+. The second kappa shape index (κ2) is 17.0. The maximum atomic E-state index is 15.0. The largest absolute Gasteiger partial charge is 0.693 e. The molecule has 0 aliphatic carbocycles. The molecule has 0 aliphatic rings. The molecule has 2 aromatic carbocycles. The Hall–Kier alpha value is -1.78. The molecule has 0 radical (unpaired) electrons. The molecular weight excluding hydrogens is 564 g/mol. The average Bonchev–Trinajstić information content (AvgIpc) is 2.89. The summed E-state index contributed by atoms with van der Waals surface area (Å²) in [5, 5.41) is 2.77. The number of nitrogens with zero attached hydrogens (tertiary/aromatic N) is 2. The molecule has 0 aromatic heterocycles. The highest BCUT2D eigenvalue weighted by atomic mass is 35.5. The molecule has 0 saturated carbocycles. The lowest BCUT2D eigenvalue weighted by Gasteiger charge is -2.22. The van der Waals surface area contributed by atoms with Gasteiger partial charge in [-0.05, 0) is 74.8 Å². The molecule has 8 nitrogen and oxygen atoms in total. The van der Waals surface area contributed by atoms with Gasteiger partial charge in [0.2, 0.25) is 0 Å². The van der Waals surface area contributed by atoms with Gasteiger partial charge in [-0.3, -0.25) is 0 Å². The molecule has 13 heteroatoms. The SMILES string of the molecule is COc1cccc(CCc2ccccc2OCC(CN(C)C)OCO[P+](F)(O/N=C(\F)Cl)OC(C)CCl)c1. The van der Waals surface area contributed by atoms with Gasteiger partial charge in [-0.15, -0.1) is 25.3 Å². The number of aryl methyl sites for hydroxylation is 2. The van der Waals surface area contributed by atoms with Crippen molar-refractivity contribution in [3.8, 4) is 11.5 Å². The highest BCUT2D eigenvalue weighted by Gasteiger charge is 2.53. The van der Waals surface area contributed by atoms with Crippen LogP contribution >= 0.6 is 31.5 Å². The summed E-state index contributed by atoms with van der Waals surface area (Å²) in [6.07, 6.45) is 0.254. The number of hydrogen-bond acceptors (Lipinski definition) is 8. The quantitative estimate of drug-likeness (QED) is 0.0633. The molecule has 0 N–H and O–H groups in total. The lowest BCUT2D eigenvalue weighted by Crippen LogP contribution is -2.34. The van der Waals surface area contributed by atoms with Crippen LogP contribution in [0.2, 0.25) is 0 Å². The summed E-state index contributed by atoms with van der Waals surface area (Å²) in [7, 11) is 0.760. The number of benzene rings is 2. The summed E-state index contributed by atoms with van der Waals surface area (Å²) in [6.45, 7) is 1.52. The van der Waals surface area contributed by atoms with Gasteiger partial charge < -0.3 is 19.1 Å². The van der Waals surface area contributed by atoms with Gasteiger partial charge in [0.15, 0.2) is 6.79 Å². The first-order valence-electron chi connectivity index (χ1n) is 11.8. The number of rotatable bonds is 18. The number of para-hydroxylation sites is 1. The van der Waals surface area contributed by atoms with E-state index in [9.17, 15) is 4.39 Å². The van der Waals surface area contributed by atoms with Gasteiger partial charge >= 0.3 is 13.7 Å². The zero-order valence-electron chi connectivity index (χ0n) is 21.8. The minimum atomic E-state index is -4.60. The first kappa shape index (κ1) is 32.4. The van der Waals surface area contributed by atoms with Gasteiger partial charge in [0.25, 0.3) is 0 Å². The molecule has 212 valence electrons. The van der Waals surface area contributed by atoms with Crippen molar-refractivity contribution >= 4 is 36.9 Å². The zero-order valence-corrected chi connectivity index (χ0v) is 24.2. The predicted molar refractivity (Wildman–Crippen MR) is 146 cm³/mol. The van der Waals surface area contributed by atoms with Crippen molar-refractivity contribution in [2.45, 2.75) is 32.0 Å². The summed E-state index contributed by atoms with van der Waals surface area (Å²) >= 11 is 10.7. The van der Waals surface area contributed by atoms with Crippen molar-refractivity contribution in [3.63, 3.8) is 0 Å². The molecule has 2 rings (SSSR count). The molecule has 0 bridgehead atoms. The second-order valence-electron chi connectivity index (χ2n) is 8.48. The van der Waals surface area contributed by atoms with Crippen molar-refractivity contribution in [2.24, 2.45) is 5.16 Å². The Kier molecular flexibility index (Phi) is 14.5. The molecule has 38 heavy (non-hydrogen) atoms. The van der Waals surface area contributed by atoms with Crippen LogP contribution in [0.4, 0.5) is 8.59 Å². The zero-order chi connectivity index (χ0) is 28.0. The molecule has 0 spiro atoms. The highest BCUT2D eigenvalue weighted by molar-refractivity contribution is 7.56. The number of oxime groups is 1. The maximum Gasteiger partial charge on any atom is 0.693 e. The summed E-state index contributed by atoms with van der Waals surface area (Å²) < 4.78 is 59.4. The van der Waals surface area contributed by atoms with Gasteiger partial charge in [0.05, 0.1) is 17.2 Å². The fourth-order valence-corrected chi connectivity index (χ4v) is 4.53. The van der Waals surface area contributed by atoms with Gasteiger partial charge in [-0.2, -0.15) is 4.39 Å². The van der Waals surface area contributed by atoms with E-state index < -0.39 is 32.7 Å². The van der Waals surface area contributed by atoms with Crippen molar-refractivity contribution in [1.82, 2.24) is 4.90 Å². The summed E-state index contributed by atoms with van der Waals surface area (Å²) in [5.41, 5.74) is 0.666. The van der Waals surface area contributed by atoms with Crippen LogP contribution in [0.3, 0.4) is 0 Å². The van der Waals surface area contributed by atoms with E-state index in [0.717, 1.165) is 29.7 Å². The van der Waals surface area contributed by atoms with Gasteiger partial charge in [-0.1, -0.05) is 30.3 Å². The summed E-state index contributed by atoms with van der Waals surface area (Å²) in [4.78, 5) is 1.89. The van der Waals surface area contributed by atoms with Crippen LogP contribution in [0.15, 0.2) is 53.7 Å². The van der Waals surface area contributed by atoms with Gasteiger partial charge in [0, 0.05) is 11.7 Å². The molecule has 0 amide bonds. The smallest absolute Gasteiger partial charge is 0.497 e. The van der Waals surface area contributed by atoms with Crippen molar-refractivity contribution in [3.05, 3.63) is 59.7 Å². The van der Waals surface area contributed by atoms with Crippen LogP contribution in [0.5, 0.6) is 11.5 Å². The Labute approximate surface area is 233 Å². The van der Waals surface area contributed by atoms with Crippen molar-refractivity contribution in [2.75, 3.05) is 47.0 Å². The summed E-state index contributed by atoms with van der Waals surface area (Å²) in [6, 6.07) is 15.7. The van der Waals surface area contributed by atoms with Crippen LogP contribution in [-0.4, -0.2) is 69.6 Å². The lowest BCUT2D eigenvalue weighted by molar-refractivity contribution is -0.0784. The molecule has 0 fully saturated rings. The van der Waals surface area contributed by atoms with E-state index in [-0.39, 0.29) is 12.5 Å². The van der Waals surface area contributed by atoms with E-state index in [1.54, 1.807) is 7.11 Å². The number of hydrogen-bond donors (Lipinski definition) is 0. The van der Waals surface area contributed by atoms with Crippen molar-refractivity contribution < 1.29 is 36.5 Å². The van der Waals surface area contributed by atoms with E-state index in [1.165, 1.54) is 6.92 Å². The number of likely N-dealkylation sites (N-methyl/N-ethyl adjacent to an activating group) is 1.